The number of ether oxygens (including phenoxy) is 13. The number of aliphatic hydroxyl groups is 3. The number of imide groups is 1. The molecule has 1 aromatic rings. The van der Waals surface area contributed by atoms with Gasteiger partial charge < -0.3 is 92.0 Å². The smallest absolute Gasteiger partial charge is 0.325 e. The van der Waals surface area contributed by atoms with Gasteiger partial charge in [0.15, 0.2) is 6.29 Å². The lowest BCUT2D eigenvalue weighted by molar-refractivity contribution is -0.296. The average Bonchev–Trinajstić information content (AvgIpc) is 3.93. The lowest BCUT2D eigenvalue weighted by atomic mass is 9.97. The molecule has 1 saturated heterocycles. The lowest BCUT2D eigenvalue weighted by Gasteiger charge is -2.40. The molecule has 0 radical (unpaired) electrons. The van der Waals surface area contributed by atoms with Gasteiger partial charge in [-0.1, -0.05) is 5.21 Å². The van der Waals surface area contributed by atoms with Gasteiger partial charge in [0.1, 0.15) is 18.3 Å². The Morgan fingerprint density at radius 1 is 0.600 bits per heavy atom. The minimum Gasteiger partial charge on any atom is -0.388 e. The first-order valence-corrected chi connectivity index (χ1v) is 25.1. The molecule has 3 rings (SSSR count). The van der Waals surface area contributed by atoms with E-state index in [1.165, 1.54) is 12.2 Å². The zero-order chi connectivity index (χ0) is 50.5. The summed E-state index contributed by atoms with van der Waals surface area (Å²) in [5.41, 5.74) is 0.597. The van der Waals surface area contributed by atoms with Gasteiger partial charge in [-0.25, -0.2) is 4.68 Å². The molecule has 28 heteroatoms. The largest absolute Gasteiger partial charge is 0.388 e. The maximum atomic E-state index is 11.8. The topological polar surface area (TPSA) is 335 Å². The van der Waals surface area contributed by atoms with E-state index in [-0.39, 0.29) is 31.9 Å². The summed E-state index contributed by atoms with van der Waals surface area (Å²) >= 11 is 0. The van der Waals surface area contributed by atoms with E-state index in [2.05, 4.69) is 15.6 Å². The molecule has 404 valence electrons. The van der Waals surface area contributed by atoms with Gasteiger partial charge in [0.25, 0.3) is 11.8 Å². The van der Waals surface area contributed by atoms with Crippen LogP contribution >= 0.6 is 7.60 Å². The minimum atomic E-state index is -4.35. The Hall–Kier alpha value is -3.00. The predicted octanol–water partition coefficient (Wildman–Crippen LogP) is -3.17. The highest BCUT2D eigenvalue weighted by atomic mass is 31.2. The summed E-state index contributed by atoms with van der Waals surface area (Å²) in [6, 6.07) is 0. The number of rotatable bonds is 46. The van der Waals surface area contributed by atoms with E-state index in [9.17, 15) is 34.3 Å². The van der Waals surface area contributed by atoms with Crippen molar-refractivity contribution in [1.82, 2.24) is 25.2 Å². The molecule has 70 heavy (non-hydrogen) atoms. The van der Waals surface area contributed by atoms with E-state index in [1.54, 1.807) is 10.9 Å². The van der Waals surface area contributed by atoms with Crippen LogP contribution in [0, 0.1) is 0 Å². The molecule has 0 saturated carbocycles. The van der Waals surface area contributed by atoms with Gasteiger partial charge >= 0.3 is 7.60 Å². The molecule has 2 aliphatic heterocycles. The quantitative estimate of drug-likeness (QED) is 0.0213. The number of aliphatic hydroxyl groups excluding tert-OH is 3. The van der Waals surface area contributed by atoms with Gasteiger partial charge in [-0.05, 0) is 6.42 Å². The van der Waals surface area contributed by atoms with Crippen LogP contribution in [0.4, 0.5) is 0 Å². The van der Waals surface area contributed by atoms with Gasteiger partial charge in [0, 0.05) is 44.3 Å². The molecule has 0 bridgehead atoms. The standard InChI is InChI=1S/C42H74N5O22P/c48-36(3-7-47-37(49)1-2-38(47)50)43-6-10-57-12-14-59-16-18-61-20-22-63-24-26-65-28-30-67-31-29-66-27-25-64-23-21-62-19-17-60-15-13-58-11-8-46-33-34(44-45-46)4-9-68-42-41(53)40(52)39(51)35(69-42)5-32-70(54,55)56/h1-2,33,35,39-42,51-53H,3-32H2,(H,43,48)(H2,54,55,56)/t35-,39-,40+,41+,42+/m1/s1. The van der Waals surface area contributed by atoms with E-state index < -0.39 is 56.3 Å². The molecule has 5 atom stereocenters. The van der Waals surface area contributed by atoms with Gasteiger partial charge in [-0.2, -0.15) is 0 Å². The fourth-order valence-electron chi connectivity index (χ4n) is 6.11. The third kappa shape index (κ3) is 29.5. The molecular weight excluding hydrogens is 957 g/mol. The molecule has 3 heterocycles. The molecule has 27 nitrogen and oxygen atoms in total. The van der Waals surface area contributed by atoms with E-state index in [4.69, 9.17) is 71.4 Å². The predicted molar refractivity (Wildman–Crippen MR) is 240 cm³/mol. The van der Waals surface area contributed by atoms with Crippen molar-refractivity contribution in [3.05, 3.63) is 24.0 Å². The van der Waals surface area contributed by atoms with Gasteiger partial charge in [0.05, 0.1) is 176 Å². The molecule has 1 aromatic heterocycles. The highest BCUT2D eigenvalue weighted by molar-refractivity contribution is 7.51. The van der Waals surface area contributed by atoms with Crippen molar-refractivity contribution in [2.24, 2.45) is 0 Å². The van der Waals surface area contributed by atoms with Crippen molar-refractivity contribution in [2.45, 2.75) is 56.5 Å². The highest BCUT2D eigenvalue weighted by Crippen LogP contribution is 2.37. The number of carbonyl (C=O) groups is 3. The fraction of sp³-hybridized carbons (Fsp3) is 0.833. The zero-order valence-electron chi connectivity index (χ0n) is 39.7. The summed E-state index contributed by atoms with van der Waals surface area (Å²) in [5, 5.41) is 41.2. The highest BCUT2D eigenvalue weighted by Gasteiger charge is 2.44. The third-order valence-corrected chi connectivity index (χ3v) is 10.7. The first kappa shape index (κ1) is 61.3. The molecule has 3 amide bonds. The minimum absolute atomic E-state index is 0.0388. The molecular formula is C42H74N5O22P. The maximum absolute atomic E-state index is 11.8. The summed E-state index contributed by atoms with van der Waals surface area (Å²) in [6.07, 6.45) is -3.45. The number of amides is 3. The van der Waals surface area contributed by atoms with Gasteiger partial charge in [-0.3, -0.25) is 23.8 Å². The van der Waals surface area contributed by atoms with Gasteiger partial charge in [-0.15, -0.1) is 5.10 Å². The Balaban J connectivity index is 0.945. The van der Waals surface area contributed by atoms with E-state index in [1.807, 2.05) is 0 Å². The number of nitrogens with one attached hydrogen (secondary N) is 1. The fourth-order valence-corrected chi connectivity index (χ4v) is 6.70. The van der Waals surface area contributed by atoms with Crippen molar-refractivity contribution in [3.8, 4) is 0 Å². The molecule has 2 aliphatic rings. The van der Waals surface area contributed by atoms with Crippen LogP contribution in [0.25, 0.3) is 0 Å². The van der Waals surface area contributed by atoms with E-state index >= 15 is 0 Å². The summed E-state index contributed by atoms with van der Waals surface area (Å²) in [4.78, 5) is 54.0. The number of carbonyl (C=O) groups excluding carboxylic acids is 3. The second kappa shape index (κ2) is 38.6. The van der Waals surface area contributed by atoms with Crippen LogP contribution in [0.15, 0.2) is 18.3 Å². The molecule has 6 N–H and O–H groups in total. The summed E-state index contributed by atoms with van der Waals surface area (Å²) < 4.78 is 84.1. The third-order valence-electron chi connectivity index (χ3n) is 9.82. The van der Waals surface area contributed by atoms with Crippen molar-refractivity contribution < 1.29 is 106 Å². The Morgan fingerprint density at radius 2 is 1.03 bits per heavy atom. The van der Waals surface area contributed by atoms with Crippen LogP contribution in [0.1, 0.15) is 18.5 Å². The van der Waals surface area contributed by atoms with Crippen LogP contribution in [0.2, 0.25) is 0 Å². The van der Waals surface area contributed by atoms with Crippen molar-refractivity contribution >= 4 is 25.3 Å². The number of hydrogen-bond donors (Lipinski definition) is 6. The van der Waals surface area contributed by atoms with Crippen LogP contribution in [-0.4, -0.2) is 265 Å². The molecule has 0 spiro atoms. The van der Waals surface area contributed by atoms with Crippen LogP contribution in [0.3, 0.4) is 0 Å². The SMILES string of the molecule is O=C(CCN1C(=O)C=CC1=O)NCCOCCOCCOCCOCCOCCOCCOCCOCCOCCOCCOCCn1cc(CCO[C@H]2O[C@H](CCP(=O)(O)O)[C@@H](O)[C@H](O)[C@@H]2O)nn1. The first-order chi connectivity index (χ1) is 33.9. The Kier molecular flexibility index (Phi) is 33.8. The Morgan fingerprint density at radius 3 is 1.47 bits per heavy atom. The van der Waals surface area contributed by atoms with Gasteiger partial charge in [0.2, 0.25) is 5.91 Å². The molecule has 0 unspecified atom stereocenters. The van der Waals surface area contributed by atoms with Crippen molar-refractivity contribution in [2.75, 3.05) is 171 Å². The summed E-state index contributed by atoms with van der Waals surface area (Å²) in [5.74, 6) is -1.08. The summed E-state index contributed by atoms with van der Waals surface area (Å²) in [6.45, 7) is 10.1. The summed E-state index contributed by atoms with van der Waals surface area (Å²) in [7, 11) is -4.35. The van der Waals surface area contributed by atoms with E-state index in [0.717, 1.165) is 4.90 Å². The van der Waals surface area contributed by atoms with Crippen LogP contribution in [-0.2, 0) is 93.5 Å². The first-order valence-electron chi connectivity index (χ1n) is 23.3. The van der Waals surface area contributed by atoms with E-state index in [0.29, 0.717) is 171 Å². The zero-order valence-corrected chi connectivity index (χ0v) is 40.6. The Labute approximate surface area is 407 Å². The second-order valence-electron chi connectivity index (χ2n) is 15.3. The van der Waals surface area contributed by atoms with Crippen molar-refractivity contribution in [3.63, 3.8) is 0 Å². The average molecular weight is 1030 g/mol. The van der Waals surface area contributed by atoms with Crippen LogP contribution < -0.4 is 5.32 Å². The number of nitrogens with zero attached hydrogens (tertiary/aromatic N) is 4. The number of aromatic nitrogens is 3. The molecule has 0 aliphatic carbocycles. The monoisotopic (exact) mass is 1030 g/mol. The Bertz CT molecular complexity index is 1590. The van der Waals surface area contributed by atoms with Crippen molar-refractivity contribution in [1.29, 1.82) is 0 Å². The molecule has 1 fully saturated rings. The maximum Gasteiger partial charge on any atom is 0.325 e. The lowest BCUT2D eigenvalue weighted by Crippen LogP contribution is -2.58. The number of hydrogen-bond acceptors (Lipinski definition) is 22. The molecule has 0 aromatic carbocycles. The normalized spacial score (nSPS) is 19.5. The van der Waals surface area contributed by atoms with Crippen LogP contribution in [0.5, 0.6) is 0 Å². The second-order valence-corrected chi connectivity index (χ2v) is 17.1.